The Morgan fingerprint density at radius 1 is 0.567 bits per heavy atom. The van der Waals surface area contributed by atoms with Crippen LogP contribution in [0.5, 0.6) is 0 Å². The third-order valence-electron chi connectivity index (χ3n) is 11.6. The summed E-state index contributed by atoms with van der Waals surface area (Å²) < 4.78 is 11.2. The molecular formula is C51H93NO8. The van der Waals surface area contributed by atoms with Crippen molar-refractivity contribution >= 4 is 5.91 Å². The molecule has 1 amide bonds. The maximum absolute atomic E-state index is 13.0. The molecule has 0 aromatic carbocycles. The number of hydrogen-bond acceptors (Lipinski definition) is 8. The Kier molecular flexibility index (Phi) is 38.5. The fourth-order valence-electron chi connectivity index (χ4n) is 7.61. The number of ether oxygens (including phenoxy) is 2. The van der Waals surface area contributed by atoms with Crippen LogP contribution in [0.2, 0.25) is 0 Å². The van der Waals surface area contributed by atoms with E-state index >= 15 is 0 Å². The van der Waals surface area contributed by atoms with Crippen LogP contribution in [0.15, 0.2) is 48.6 Å². The van der Waals surface area contributed by atoms with Crippen LogP contribution in [-0.2, 0) is 14.3 Å². The maximum atomic E-state index is 13.0. The Morgan fingerprint density at radius 2 is 1.00 bits per heavy atom. The fourth-order valence-corrected chi connectivity index (χ4v) is 7.61. The molecule has 1 aliphatic heterocycles. The molecule has 7 atom stereocenters. The number of amides is 1. The molecule has 0 aromatic heterocycles. The largest absolute Gasteiger partial charge is 0.394 e. The van der Waals surface area contributed by atoms with Gasteiger partial charge in [0.05, 0.1) is 25.4 Å². The van der Waals surface area contributed by atoms with Crippen LogP contribution >= 0.6 is 0 Å². The van der Waals surface area contributed by atoms with Crippen LogP contribution < -0.4 is 5.32 Å². The molecule has 9 heteroatoms. The molecule has 1 heterocycles. The molecule has 1 rings (SSSR count). The first kappa shape index (κ1) is 56.2. The molecule has 1 saturated heterocycles. The number of aliphatic hydroxyl groups excluding tert-OH is 5. The second-order valence-electron chi connectivity index (χ2n) is 17.2. The van der Waals surface area contributed by atoms with Gasteiger partial charge in [0, 0.05) is 6.42 Å². The lowest BCUT2D eigenvalue weighted by molar-refractivity contribution is -0.302. The summed E-state index contributed by atoms with van der Waals surface area (Å²) in [6.45, 7) is 3.74. The van der Waals surface area contributed by atoms with E-state index in [-0.39, 0.29) is 12.5 Å². The molecule has 6 N–H and O–H groups in total. The van der Waals surface area contributed by atoms with Gasteiger partial charge >= 0.3 is 0 Å². The first-order chi connectivity index (χ1) is 29.3. The Balaban J connectivity index is 2.33. The Morgan fingerprint density at radius 3 is 1.50 bits per heavy atom. The molecule has 0 saturated carbocycles. The predicted molar refractivity (Wildman–Crippen MR) is 249 cm³/mol. The minimum atomic E-state index is -1.57. The normalized spacial score (nSPS) is 20.9. The van der Waals surface area contributed by atoms with Crippen LogP contribution in [0.1, 0.15) is 213 Å². The molecule has 0 bridgehead atoms. The summed E-state index contributed by atoms with van der Waals surface area (Å²) >= 11 is 0. The summed E-state index contributed by atoms with van der Waals surface area (Å²) in [6.07, 6.45) is 45.8. The van der Waals surface area contributed by atoms with Crippen LogP contribution in [0.4, 0.5) is 0 Å². The van der Waals surface area contributed by atoms with Gasteiger partial charge in [-0.15, -0.1) is 0 Å². The van der Waals surface area contributed by atoms with Gasteiger partial charge in [0.1, 0.15) is 24.4 Å². The number of hydrogen-bond donors (Lipinski definition) is 6. The Labute approximate surface area is 367 Å². The minimum absolute atomic E-state index is 0.192. The third-order valence-corrected chi connectivity index (χ3v) is 11.6. The smallest absolute Gasteiger partial charge is 0.220 e. The number of carbonyl (C=O) groups excluding carboxylic acids is 1. The van der Waals surface area contributed by atoms with Crippen molar-refractivity contribution in [1.29, 1.82) is 0 Å². The Hall–Kier alpha value is -1.85. The van der Waals surface area contributed by atoms with E-state index in [4.69, 9.17) is 9.47 Å². The second-order valence-corrected chi connectivity index (χ2v) is 17.2. The summed E-state index contributed by atoms with van der Waals surface area (Å²) in [5.41, 5.74) is 0. The zero-order valence-corrected chi connectivity index (χ0v) is 38.5. The summed E-state index contributed by atoms with van der Waals surface area (Å²) in [6, 6.07) is -0.824. The molecule has 9 nitrogen and oxygen atoms in total. The standard InChI is InChI=1S/C51H93NO8/c1-3-5-7-9-11-13-15-17-19-21-22-23-24-25-27-29-31-33-35-37-39-41-47(55)52-44(43-59-51-50(58)49(57)48(56)46(42-53)60-51)45(54)40-38-36-34-32-30-28-26-20-18-16-14-12-10-8-6-4-2/h15,17,21-22,30,32,38,40,44-46,48-51,53-54,56-58H,3-14,16,18-20,23-29,31,33-37,39,41-43H2,1-2H3,(H,52,55)/b17-15-,22-21-,32-30+,40-38+. The van der Waals surface area contributed by atoms with Crippen molar-refractivity contribution in [3.05, 3.63) is 48.6 Å². The fraction of sp³-hybridized carbons (Fsp3) is 0.824. The Bertz CT molecular complexity index is 1080. The van der Waals surface area contributed by atoms with Crippen molar-refractivity contribution in [1.82, 2.24) is 5.32 Å². The van der Waals surface area contributed by atoms with Crippen LogP contribution in [0, 0.1) is 0 Å². The monoisotopic (exact) mass is 848 g/mol. The number of carbonyl (C=O) groups is 1. The average molecular weight is 848 g/mol. The number of aliphatic hydroxyl groups is 5. The zero-order chi connectivity index (χ0) is 43.7. The first-order valence-electron chi connectivity index (χ1n) is 24.9. The van der Waals surface area contributed by atoms with Gasteiger partial charge in [-0.1, -0.05) is 191 Å². The van der Waals surface area contributed by atoms with E-state index in [0.29, 0.717) is 6.42 Å². The molecular weight excluding hydrogens is 755 g/mol. The third kappa shape index (κ3) is 31.1. The van der Waals surface area contributed by atoms with Gasteiger partial charge in [0.25, 0.3) is 0 Å². The lowest BCUT2D eigenvalue weighted by Gasteiger charge is -2.40. The molecule has 1 aliphatic rings. The lowest BCUT2D eigenvalue weighted by atomic mass is 9.99. The van der Waals surface area contributed by atoms with Gasteiger partial charge in [-0.05, 0) is 64.2 Å². The minimum Gasteiger partial charge on any atom is -0.394 e. The van der Waals surface area contributed by atoms with Gasteiger partial charge in [0.15, 0.2) is 6.29 Å². The lowest BCUT2D eigenvalue weighted by Crippen LogP contribution is -2.60. The molecule has 0 radical (unpaired) electrons. The first-order valence-corrected chi connectivity index (χ1v) is 24.9. The molecule has 0 spiro atoms. The summed E-state index contributed by atoms with van der Waals surface area (Å²) in [4.78, 5) is 13.0. The summed E-state index contributed by atoms with van der Waals surface area (Å²) in [5, 5.41) is 54.3. The number of rotatable bonds is 41. The molecule has 7 unspecified atom stereocenters. The van der Waals surface area contributed by atoms with Crippen LogP contribution in [0.3, 0.4) is 0 Å². The van der Waals surface area contributed by atoms with E-state index < -0.39 is 49.5 Å². The van der Waals surface area contributed by atoms with Crippen LogP contribution in [0.25, 0.3) is 0 Å². The van der Waals surface area contributed by atoms with Crippen LogP contribution in [-0.4, -0.2) is 87.5 Å². The molecule has 0 aromatic rings. The van der Waals surface area contributed by atoms with E-state index in [0.717, 1.165) is 51.4 Å². The van der Waals surface area contributed by atoms with Gasteiger partial charge in [-0.2, -0.15) is 0 Å². The maximum Gasteiger partial charge on any atom is 0.220 e. The van der Waals surface area contributed by atoms with E-state index in [9.17, 15) is 30.3 Å². The molecule has 1 fully saturated rings. The van der Waals surface area contributed by atoms with Crippen molar-refractivity contribution in [2.75, 3.05) is 13.2 Å². The van der Waals surface area contributed by atoms with Crippen molar-refractivity contribution in [3.63, 3.8) is 0 Å². The molecule has 350 valence electrons. The summed E-state index contributed by atoms with van der Waals surface area (Å²) in [5.74, 6) is -0.192. The average Bonchev–Trinajstić information content (AvgIpc) is 3.25. The van der Waals surface area contributed by atoms with Gasteiger partial charge in [-0.3, -0.25) is 4.79 Å². The molecule has 0 aliphatic carbocycles. The zero-order valence-electron chi connectivity index (χ0n) is 38.5. The van der Waals surface area contributed by atoms with E-state index in [2.05, 4.69) is 55.6 Å². The van der Waals surface area contributed by atoms with Crippen molar-refractivity contribution < 1.29 is 39.8 Å². The number of nitrogens with one attached hydrogen (secondary N) is 1. The summed E-state index contributed by atoms with van der Waals surface area (Å²) in [7, 11) is 0. The van der Waals surface area contributed by atoms with Gasteiger partial charge < -0.3 is 40.3 Å². The van der Waals surface area contributed by atoms with Crippen molar-refractivity contribution in [3.8, 4) is 0 Å². The number of unbranched alkanes of at least 4 members (excludes halogenated alkanes) is 25. The highest BCUT2D eigenvalue weighted by Gasteiger charge is 2.44. The SMILES string of the molecule is CCCCCCC/C=C\C/C=C\CCCCCCCCCCCC(=O)NC(COC1OC(CO)C(O)C(O)C1O)C(O)/C=C/CC/C=C/CCCCCCCCCCCC. The van der Waals surface area contributed by atoms with Gasteiger partial charge in [0.2, 0.25) is 5.91 Å². The molecule has 60 heavy (non-hydrogen) atoms. The number of allylic oxidation sites excluding steroid dienone is 7. The van der Waals surface area contributed by atoms with Crippen molar-refractivity contribution in [2.24, 2.45) is 0 Å². The highest BCUT2D eigenvalue weighted by Crippen LogP contribution is 2.22. The predicted octanol–water partition coefficient (Wildman–Crippen LogP) is 11.0. The van der Waals surface area contributed by atoms with Crippen molar-refractivity contribution in [2.45, 2.75) is 256 Å². The van der Waals surface area contributed by atoms with E-state index in [1.54, 1.807) is 6.08 Å². The topological polar surface area (TPSA) is 149 Å². The highest BCUT2D eigenvalue weighted by molar-refractivity contribution is 5.76. The van der Waals surface area contributed by atoms with E-state index in [1.807, 2.05) is 6.08 Å². The second kappa shape index (κ2) is 41.2. The van der Waals surface area contributed by atoms with Gasteiger partial charge in [-0.25, -0.2) is 0 Å². The quantitative estimate of drug-likeness (QED) is 0.0263. The highest BCUT2D eigenvalue weighted by atomic mass is 16.7. The van der Waals surface area contributed by atoms with E-state index in [1.165, 1.54) is 141 Å².